The molecule has 0 aromatic heterocycles. The molecule has 0 saturated carbocycles. The smallest absolute Gasteiger partial charge is 0.240 e. The van der Waals surface area contributed by atoms with Crippen LogP contribution in [-0.4, -0.2) is 54.8 Å². The fraction of sp³-hybridized carbons (Fsp3) is 0.458. The number of fused-ring (bicyclic) bond motifs is 1. The molecule has 0 spiro atoms. The number of unbranched alkanes of at least 4 members (excludes halogenated alkanes) is 2. The van der Waals surface area contributed by atoms with Gasteiger partial charge in [-0.3, -0.25) is 4.79 Å². The molecule has 0 fully saturated rings. The van der Waals surface area contributed by atoms with Crippen molar-refractivity contribution in [3.63, 3.8) is 0 Å². The lowest BCUT2D eigenvalue weighted by Crippen LogP contribution is -2.26. The SMILES string of the molecule is COc1ccc(CCNC(=O)CCCCCNS(=O)(=O)c2ccc3c(c2)OCCO3)c(OC)c1. The number of benzene rings is 2. The highest BCUT2D eigenvalue weighted by Crippen LogP contribution is 2.32. The lowest BCUT2D eigenvalue weighted by atomic mass is 10.1. The fourth-order valence-electron chi connectivity index (χ4n) is 3.55. The van der Waals surface area contributed by atoms with E-state index in [1.165, 1.54) is 12.1 Å². The first-order valence-corrected chi connectivity index (χ1v) is 12.8. The topological polar surface area (TPSA) is 112 Å². The third-order valence-corrected chi connectivity index (χ3v) is 6.87. The van der Waals surface area contributed by atoms with Crippen molar-refractivity contribution in [1.82, 2.24) is 10.0 Å². The Labute approximate surface area is 200 Å². The highest BCUT2D eigenvalue weighted by molar-refractivity contribution is 7.89. The largest absolute Gasteiger partial charge is 0.497 e. The zero-order valence-corrected chi connectivity index (χ0v) is 20.4. The molecular weight excluding hydrogens is 460 g/mol. The van der Waals surface area contributed by atoms with Crippen LogP contribution in [0.1, 0.15) is 31.2 Å². The summed E-state index contributed by atoms with van der Waals surface area (Å²) in [6.45, 7) is 1.66. The van der Waals surface area contributed by atoms with Crippen LogP contribution in [0.4, 0.5) is 0 Å². The average Bonchev–Trinajstić information content (AvgIpc) is 2.85. The lowest BCUT2D eigenvalue weighted by molar-refractivity contribution is -0.121. The van der Waals surface area contributed by atoms with Gasteiger partial charge in [0.05, 0.1) is 19.1 Å². The molecule has 2 N–H and O–H groups in total. The highest BCUT2D eigenvalue weighted by Gasteiger charge is 2.19. The third-order valence-electron chi connectivity index (χ3n) is 5.41. The molecule has 0 saturated heterocycles. The van der Waals surface area contributed by atoms with E-state index < -0.39 is 10.0 Å². The van der Waals surface area contributed by atoms with Gasteiger partial charge in [-0.15, -0.1) is 0 Å². The molecule has 0 atom stereocenters. The summed E-state index contributed by atoms with van der Waals surface area (Å²) in [6.07, 6.45) is 3.11. The Morgan fingerprint density at radius 3 is 2.50 bits per heavy atom. The number of sulfonamides is 1. The van der Waals surface area contributed by atoms with Crippen molar-refractivity contribution in [3.05, 3.63) is 42.0 Å². The predicted octanol–water partition coefficient (Wildman–Crippen LogP) is 2.67. The van der Waals surface area contributed by atoms with Crippen LogP contribution in [0.15, 0.2) is 41.3 Å². The van der Waals surface area contributed by atoms with Crippen molar-refractivity contribution >= 4 is 15.9 Å². The Balaban J connectivity index is 1.31. The minimum absolute atomic E-state index is 0.0238. The van der Waals surface area contributed by atoms with E-state index in [2.05, 4.69) is 10.0 Å². The van der Waals surface area contributed by atoms with Crippen LogP contribution in [0.3, 0.4) is 0 Å². The Bertz CT molecular complexity index is 1070. The molecule has 0 radical (unpaired) electrons. The van der Waals surface area contributed by atoms with E-state index in [-0.39, 0.29) is 10.8 Å². The number of nitrogens with one attached hydrogen (secondary N) is 2. The Morgan fingerprint density at radius 1 is 0.941 bits per heavy atom. The second kappa shape index (κ2) is 12.5. The molecule has 1 aliphatic rings. The maximum atomic E-state index is 12.5. The summed E-state index contributed by atoms with van der Waals surface area (Å²) >= 11 is 0. The number of ether oxygens (including phenoxy) is 4. The summed E-state index contributed by atoms with van der Waals surface area (Å²) in [5.41, 5.74) is 0.994. The predicted molar refractivity (Wildman–Crippen MR) is 127 cm³/mol. The van der Waals surface area contributed by atoms with Gasteiger partial charge in [-0.05, 0) is 43.0 Å². The van der Waals surface area contributed by atoms with Gasteiger partial charge in [0.2, 0.25) is 15.9 Å². The van der Waals surface area contributed by atoms with E-state index in [4.69, 9.17) is 18.9 Å². The number of amides is 1. The second-order valence-electron chi connectivity index (χ2n) is 7.79. The first-order chi connectivity index (χ1) is 16.4. The number of carbonyl (C=O) groups excluding carboxylic acids is 1. The molecular formula is C24H32N2O7S. The van der Waals surface area contributed by atoms with Gasteiger partial charge in [-0.2, -0.15) is 0 Å². The van der Waals surface area contributed by atoms with E-state index in [1.54, 1.807) is 20.3 Å². The molecule has 10 heteroatoms. The molecule has 2 aromatic rings. The van der Waals surface area contributed by atoms with Crippen LogP contribution in [0.2, 0.25) is 0 Å². The van der Waals surface area contributed by atoms with E-state index in [9.17, 15) is 13.2 Å². The Kier molecular flexibility index (Phi) is 9.41. The second-order valence-corrected chi connectivity index (χ2v) is 9.56. The molecule has 9 nitrogen and oxygen atoms in total. The summed E-state index contributed by atoms with van der Waals surface area (Å²) < 4.78 is 49.0. The molecule has 1 heterocycles. The first kappa shape index (κ1) is 25.6. The Hall–Kier alpha value is -2.98. The standard InChI is InChI=1S/C24H32N2O7S/c1-30-19-8-7-18(22(16-19)31-2)11-13-25-24(27)6-4-3-5-12-26-34(28,29)20-9-10-21-23(17-20)33-15-14-32-21/h7-10,16-17,26H,3-6,11-15H2,1-2H3,(H,25,27). The van der Waals surface area contributed by atoms with Crippen molar-refractivity contribution in [2.24, 2.45) is 0 Å². The van der Waals surface area contributed by atoms with Crippen LogP contribution in [0.5, 0.6) is 23.0 Å². The van der Waals surface area contributed by atoms with E-state index in [0.717, 1.165) is 23.5 Å². The molecule has 0 bridgehead atoms. The summed E-state index contributed by atoms with van der Waals surface area (Å²) in [5.74, 6) is 2.41. The zero-order valence-electron chi connectivity index (χ0n) is 19.6. The van der Waals surface area contributed by atoms with E-state index in [0.29, 0.717) is 63.5 Å². The lowest BCUT2D eigenvalue weighted by Gasteiger charge is -2.18. The van der Waals surface area contributed by atoms with E-state index >= 15 is 0 Å². The first-order valence-electron chi connectivity index (χ1n) is 11.3. The van der Waals surface area contributed by atoms with Gasteiger partial charge >= 0.3 is 0 Å². The number of hydrogen-bond acceptors (Lipinski definition) is 7. The molecule has 0 unspecified atom stereocenters. The molecule has 186 valence electrons. The van der Waals surface area contributed by atoms with Crippen molar-refractivity contribution in [2.45, 2.75) is 37.0 Å². The normalized spacial score (nSPS) is 12.8. The number of hydrogen-bond donors (Lipinski definition) is 2. The summed E-state index contributed by atoms with van der Waals surface area (Å²) in [5, 5.41) is 2.91. The summed E-state index contributed by atoms with van der Waals surface area (Å²) in [6, 6.07) is 10.2. The monoisotopic (exact) mass is 492 g/mol. The molecule has 1 amide bonds. The van der Waals surface area contributed by atoms with Crippen LogP contribution in [0.25, 0.3) is 0 Å². The molecule has 0 aliphatic carbocycles. The molecule has 34 heavy (non-hydrogen) atoms. The van der Waals surface area contributed by atoms with Gasteiger partial charge in [-0.25, -0.2) is 13.1 Å². The van der Waals surface area contributed by atoms with Gasteiger partial charge in [-0.1, -0.05) is 12.5 Å². The van der Waals surface area contributed by atoms with Crippen LogP contribution in [0, 0.1) is 0 Å². The van der Waals surface area contributed by atoms with Gasteiger partial charge in [0.1, 0.15) is 24.7 Å². The highest BCUT2D eigenvalue weighted by atomic mass is 32.2. The quantitative estimate of drug-likeness (QED) is 0.414. The van der Waals surface area contributed by atoms with Gasteiger partial charge < -0.3 is 24.3 Å². The van der Waals surface area contributed by atoms with Crippen LogP contribution < -0.4 is 29.0 Å². The van der Waals surface area contributed by atoms with Crippen molar-refractivity contribution in [3.8, 4) is 23.0 Å². The molecule has 3 rings (SSSR count). The van der Waals surface area contributed by atoms with Crippen molar-refractivity contribution in [2.75, 3.05) is 40.5 Å². The minimum Gasteiger partial charge on any atom is -0.497 e. The van der Waals surface area contributed by atoms with Gasteiger partial charge in [0, 0.05) is 31.6 Å². The maximum Gasteiger partial charge on any atom is 0.240 e. The third kappa shape index (κ3) is 7.26. The number of methoxy groups -OCH3 is 2. The molecule has 1 aliphatic heterocycles. The Morgan fingerprint density at radius 2 is 1.74 bits per heavy atom. The minimum atomic E-state index is -3.63. The van der Waals surface area contributed by atoms with Crippen LogP contribution >= 0.6 is 0 Å². The van der Waals surface area contributed by atoms with Crippen LogP contribution in [-0.2, 0) is 21.2 Å². The average molecular weight is 493 g/mol. The number of rotatable bonds is 13. The van der Waals surface area contributed by atoms with E-state index in [1.807, 2.05) is 18.2 Å². The maximum absolute atomic E-state index is 12.5. The summed E-state index contributed by atoms with van der Waals surface area (Å²) in [4.78, 5) is 12.2. The van der Waals surface area contributed by atoms with Gasteiger partial charge in [0.25, 0.3) is 0 Å². The van der Waals surface area contributed by atoms with Crippen molar-refractivity contribution < 1.29 is 32.2 Å². The van der Waals surface area contributed by atoms with Crippen molar-refractivity contribution in [1.29, 1.82) is 0 Å². The number of carbonyl (C=O) groups is 1. The molecule has 2 aromatic carbocycles. The zero-order chi connectivity index (χ0) is 24.4. The van der Waals surface area contributed by atoms with Gasteiger partial charge in [0.15, 0.2) is 11.5 Å². The summed E-state index contributed by atoms with van der Waals surface area (Å²) in [7, 11) is -0.423. The fourth-order valence-corrected chi connectivity index (χ4v) is 4.64.